The minimum Gasteiger partial charge on any atom is -0.489 e. The second-order valence-electron chi connectivity index (χ2n) is 8.57. The van der Waals surface area contributed by atoms with Gasteiger partial charge in [-0.1, -0.05) is 17.7 Å². The number of nitrogens with two attached hydrogens (primary N) is 1. The number of amides is 2. The Morgan fingerprint density at radius 3 is 2.64 bits per heavy atom. The zero-order valence-corrected chi connectivity index (χ0v) is 22.7. The number of carbonyl (C=O) groups excluding carboxylic acids is 2. The fourth-order valence-corrected chi connectivity index (χ4v) is 5.16. The van der Waals surface area contributed by atoms with E-state index in [1.165, 1.54) is 17.5 Å². The molecule has 0 spiro atoms. The lowest BCUT2D eigenvalue weighted by Crippen LogP contribution is -2.26. The molecule has 0 radical (unpaired) electrons. The van der Waals surface area contributed by atoms with Crippen LogP contribution in [0.3, 0.4) is 0 Å². The number of aliphatic hydroxyl groups excluding tert-OH is 2. The van der Waals surface area contributed by atoms with Crippen LogP contribution in [0.2, 0.25) is 5.02 Å². The van der Waals surface area contributed by atoms with Crippen molar-refractivity contribution in [2.24, 2.45) is 0 Å². The molecule has 2 amide bonds. The third-order valence-electron chi connectivity index (χ3n) is 5.83. The van der Waals surface area contributed by atoms with Crippen molar-refractivity contribution in [3.05, 3.63) is 75.3 Å². The van der Waals surface area contributed by atoms with E-state index in [0.29, 0.717) is 49.9 Å². The maximum absolute atomic E-state index is 12.8. The topological polar surface area (TPSA) is 159 Å². The molecule has 7 N–H and O–H groups in total. The summed E-state index contributed by atoms with van der Waals surface area (Å²) in [7, 11) is 0. The summed E-state index contributed by atoms with van der Waals surface area (Å²) >= 11 is 7.62. The Kier molecular flexibility index (Phi) is 9.20. The number of ether oxygens (including phenoxy) is 1. The van der Waals surface area contributed by atoms with Crippen molar-refractivity contribution in [2.45, 2.75) is 13.5 Å². The van der Waals surface area contributed by atoms with Gasteiger partial charge < -0.3 is 36.6 Å². The van der Waals surface area contributed by atoms with Crippen molar-refractivity contribution in [2.75, 3.05) is 42.7 Å². The number of pyridine rings is 1. The highest BCUT2D eigenvalue weighted by Gasteiger charge is 2.18. The summed E-state index contributed by atoms with van der Waals surface area (Å²) in [6.07, 6.45) is 1.42. The summed E-state index contributed by atoms with van der Waals surface area (Å²) in [6.45, 7) is 2.35. The number of thiophene rings is 1. The molecule has 0 saturated heterocycles. The highest BCUT2D eigenvalue weighted by Crippen LogP contribution is 2.34. The summed E-state index contributed by atoms with van der Waals surface area (Å²) < 4.78 is 6.78. The predicted octanol–water partition coefficient (Wildman–Crippen LogP) is 3.80. The van der Waals surface area contributed by atoms with E-state index in [0.717, 1.165) is 11.1 Å². The van der Waals surface area contributed by atoms with Crippen LogP contribution >= 0.6 is 22.9 Å². The molecule has 0 atom stereocenters. The smallest absolute Gasteiger partial charge is 0.255 e. The first-order valence-electron chi connectivity index (χ1n) is 12.0. The van der Waals surface area contributed by atoms with E-state index in [1.54, 1.807) is 30.3 Å². The van der Waals surface area contributed by atoms with Crippen molar-refractivity contribution in [3.8, 4) is 5.75 Å². The third-order valence-corrected chi connectivity index (χ3v) is 7.21. The number of rotatable bonds is 11. The lowest BCUT2D eigenvalue weighted by molar-refractivity contribution is 0.0945. The molecule has 4 rings (SSSR count). The Hall–Kier alpha value is -3.90. The van der Waals surface area contributed by atoms with Gasteiger partial charge in [-0.05, 0) is 42.1 Å². The number of aliphatic hydroxyl groups is 2. The number of anilines is 3. The molecule has 4 aromatic rings. The van der Waals surface area contributed by atoms with Gasteiger partial charge >= 0.3 is 0 Å². The van der Waals surface area contributed by atoms with Crippen molar-refractivity contribution in [1.82, 2.24) is 10.3 Å². The monoisotopic (exact) mass is 569 g/mol. The zero-order chi connectivity index (χ0) is 27.9. The molecule has 10 nitrogen and oxygen atoms in total. The molecule has 0 bridgehead atoms. The number of nitrogens with zero attached hydrogens (tertiary/aromatic N) is 1. The number of hydrogen-bond donors (Lipinski definition) is 6. The van der Waals surface area contributed by atoms with Gasteiger partial charge in [-0.3, -0.25) is 9.59 Å². The number of aryl methyl sites for hydroxylation is 1. The fraction of sp³-hybridized carbons (Fsp3) is 0.222. The average Bonchev–Trinajstić information content (AvgIpc) is 3.36. The van der Waals surface area contributed by atoms with E-state index in [4.69, 9.17) is 32.3 Å². The largest absolute Gasteiger partial charge is 0.489 e. The van der Waals surface area contributed by atoms with Gasteiger partial charge in [0.05, 0.1) is 34.2 Å². The van der Waals surface area contributed by atoms with E-state index in [2.05, 4.69) is 20.9 Å². The van der Waals surface area contributed by atoms with Gasteiger partial charge in [-0.15, -0.1) is 11.3 Å². The van der Waals surface area contributed by atoms with Crippen LogP contribution in [0.25, 0.3) is 10.1 Å². The number of aromatic nitrogens is 1. The summed E-state index contributed by atoms with van der Waals surface area (Å²) in [6, 6.07) is 10.2. The van der Waals surface area contributed by atoms with E-state index < -0.39 is 0 Å². The number of halogens is 1. The highest BCUT2D eigenvalue weighted by atomic mass is 35.5. The average molecular weight is 570 g/mol. The van der Waals surface area contributed by atoms with Gasteiger partial charge in [0, 0.05) is 47.6 Å². The number of benzene rings is 2. The van der Waals surface area contributed by atoms with Gasteiger partial charge in [0.15, 0.2) is 0 Å². The maximum Gasteiger partial charge on any atom is 0.255 e. The van der Waals surface area contributed by atoms with Gasteiger partial charge in [0.1, 0.15) is 18.2 Å². The zero-order valence-electron chi connectivity index (χ0n) is 21.1. The van der Waals surface area contributed by atoms with Gasteiger partial charge in [0.25, 0.3) is 11.8 Å². The molecule has 0 saturated carbocycles. The first kappa shape index (κ1) is 28.1. The predicted molar refractivity (Wildman–Crippen MR) is 154 cm³/mol. The molecule has 2 aromatic carbocycles. The van der Waals surface area contributed by atoms with E-state index in [9.17, 15) is 9.59 Å². The van der Waals surface area contributed by atoms with Crippen LogP contribution in [0.4, 0.5) is 17.2 Å². The molecule has 0 aliphatic heterocycles. The van der Waals surface area contributed by atoms with Crippen molar-refractivity contribution >= 4 is 62.0 Å². The first-order chi connectivity index (χ1) is 18.8. The minimum absolute atomic E-state index is 0.0348. The number of carbonyl (C=O) groups is 2. The Labute approximate surface area is 233 Å². The van der Waals surface area contributed by atoms with Gasteiger partial charge in [-0.25, -0.2) is 4.98 Å². The third kappa shape index (κ3) is 6.58. The number of fused-ring (bicyclic) bond motifs is 1. The molecular formula is C27H28ClN5O5S. The minimum atomic E-state index is -0.340. The second kappa shape index (κ2) is 12.8. The Morgan fingerprint density at radius 1 is 1.10 bits per heavy atom. The maximum atomic E-state index is 12.8. The molecule has 12 heteroatoms. The molecular weight excluding hydrogens is 542 g/mol. The summed E-state index contributed by atoms with van der Waals surface area (Å²) in [5.74, 6) is 0.178. The van der Waals surface area contributed by atoms with E-state index in [1.807, 2.05) is 18.4 Å². The van der Waals surface area contributed by atoms with Gasteiger partial charge in [0.2, 0.25) is 0 Å². The molecule has 2 heterocycles. The number of hydrogen-bond acceptors (Lipinski definition) is 9. The Balaban J connectivity index is 1.49. The number of nitrogen functional groups attached to an aromatic ring is 1. The van der Waals surface area contributed by atoms with Crippen molar-refractivity contribution < 1.29 is 24.5 Å². The SMILES string of the molecule is Cc1ccc(NC(=O)c2ccc(NCCO)c(Cl)c2)cc1OCc1csc2c(C(=O)NCCO)cnc(N)c12. The van der Waals surface area contributed by atoms with Gasteiger partial charge in [-0.2, -0.15) is 0 Å². The van der Waals surface area contributed by atoms with Crippen molar-refractivity contribution in [1.29, 1.82) is 0 Å². The van der Waals surface area contributed by atoms with Crippen LogP contribution in [-0.4, -0.2) is 53.3 Å². The molecule has 2 aromatic heterocycles. The molecule has 39 heavy (non-hydrogen) atoms. The van der Waals surface area contributed by atoms with E-state index >= 15 is 0 Å². The molecule has 0 aliphatic rings. The molecule has 0 fully saturated rings. The lowest BCUT2D eigenvalue weighted by atomic mass is 10.1. The lowest BCUT2D eigenvalue weighted by Gasteiger charge is -2.13. The van der Waals surface area contributed by atoms with Crippen LogP contribution in [0.5, 0.6) is 5.75 Å². The molecule has 0 aliphatic carbocycles. The van der Waals surface area contributed by atoms with Crippen LogP contribution in [0.15, 0.2) is 48.0 Å². The molecule has 204 valence electrons. The normalized spacial score (nSPS) is 10.9. The fourth-order valence-electron chi connectivity index (χ4n) is 3.84. The highest BCUT2D eigenvalue weighted by molar-refractivity contribution is 7.17. The Bertz CT molecular complexity index is 1510. The van der Waals surface area contributed by atoms with Crippen molar-refractivity contribution in [3.63, 3.8) is 0 Å². The number of nitrogens with one attached hydrogen (secondary N) is 3. The Morgan fingerprint density at radius 2 is 1.90 bits per heavy atom. The van der Waals surface area contributed by atoms with E-state index in [-0.39, 0.29) is 44.0 Å². The van der Waals surface area contributed by atoms with Crippen LogP contribution < -0.4 is 26.4 Å². The summed E-state index contributed by atoms with van der Waals surface area (Å²) in [4.78, 5) is 29.5. The van der Waals surface area contributed by atoms with Crippen LogP contribution in [0, 0.1) is 6.92 Å². The summed E-state index contributed by atoms with van der Waals surface area (Å²) in [5.41, 5.74) is 9.71. The van der Waals surface area contributed by atoms with Crippen LogP contribution in [0.1, 0.15) is 31.8 Å². The molecule has 0 unspecified atom stereocenters. The quantitative estimate of drug-likeness (QED) is 0.159. The summed E-state index contributed by atoms with van der Waals surface area (Å²) in [5, 5.41) is 29.3. The van der Waals surface area contributed by atoms with Crippen LogP contribution in [-0.2, 0) is 6.61 Å². The standard InChI is InChI=1S/C27H28ClN5O5S/c1-15-2-4-18(33-26(36)16-3-5-21(20(28)10-16)30-6-8-34)11-22(15)38-13-17-14-39-24-19(27(37)31-7-9-35)12-32-25(29)23(17)24/h2-5,10-12,14,30,34-35H,6-9,13H2,1H3,(H2,29,32)(H,31,37)(H,33,36). The first-order valence-corrected chi connectivity index (χ1v) is 13.3. The second-order valence-corrected chi connectivity index (χ2v) is 9.86.